The van der Waals surface area contributed by atoms with Gasteiger partial charge in [0, 0.05) is 19.3 Å². The van der Waals surface area contributed by atoms with Crippen LogP contribution in [-0.2, 0) is 0 Å². The number of nitrogens with zero attached hydrogens (tertiary/aromatic N) is 2. The maximum Gasteiger partial charge on any atom is 0.147 e. The second kappa shape index (κ2) is 3.31. The van der Waals surface area contributed by atoms with Crippen molar-refractivity contribution in [2.24, 2.45) is 0 Å². The highest BCUT2D eigenvalue weighted by atomic mass is 35.5. The normalized spacial score (nSPS) is 16.9. The molecule has 1 aromatic rings. The Labute approximate surface area is 77.2 Å². The van der Waals surface area contributed by atoms with Crippen molar-refractivity contribution in [3.63, 3.8) is 0 Å². The molecule has 1 saturated heterocycles. The van der Waals surface area contributed by atoms with Crippen LogP contribution in [0.4, 0.5) is 5.82 Å². The van der Waals surface area contributed by atoms with E-state index >= 15 is 0 Å². The molecule has 0 aliphatic carbocycles. The zero-order valence-corrected chi connectivity index (χ0v) is 7.59. The van der Waals surface area contributed by atoms with Crippen molar-refractivity contribution >= 4 is 17.4 Å². The lowest BCUT2D eigenvalue weighted by atomic mass is 10.4. The van der Waals surface area contributed by atoms with Crippen LogP contribution in [0.2, 0.25) is 5.02 Å². The smallest absolute Gasteiger partial charge is 0.147 e. The van der Waals surface area contributed by atoms with Crippen molar-refractivity contribution in [3.8, 4) is 0 Å². The lowest BCUT2D eigenvalue weighted by Crippen LogP contribution is -2.19. The average molecular weight is 183 g/mol. The van der Waals surface area contributed by atoms with E-state index in [-0.39, 0.29) is 0 Å². The van der Waals surface area contributed by atoms with Crippen molar-refractivity contribution in [1.29, 1.82) is 0 Å². The Bertz CT molecular complexity index is 269. The second-order valence-electron chi connectivity index (χ2n) is 3.00. The fourth-order valence-corrected chi connectivity index (χ4v) is 1.78. The van der Waals surface area contributed by atoms with E-state index in [0.717, 1.165) is 23.9 Å². The third-order valence-corrected chi connectivity index (χ3v) is 2.44. The largest absolute Gasteiger partial charge is 0.355 e. The highest BCUT2D eigenvalue weighted by Gasteiger charge is 2.15. The molecule has 2 heterocycles. The van der Waals surface area contributed by atoms with Gasteiger partial charge in [-0.3, -0.25) is 0 Å². The molecule has 2 nitrogen and oxygen atoms in total. The van der Waals surface area contributed by atoms with Gasteiger partial charge in [0.25, 0.3) is 0 Å². The third-order valence-electron chi connectivity index (χ3n) is 2.14. The van der Waals surface area contributed by atoms with Crippen LogP contribution in [0.3, 0.4) is 0 Å². The van der Waals surface area contributed by atoms with Gasteiger partial charge >= 0.3 is 0 Å². The molecular formula is C9H11ClN2. The van der Waals surface area contributed by atoms with E-state index in [0.29, 0.717) is 0 Å². The van der Waals surface area contributed by atoms with E-state index in [9.17, 15) is 0 Å². The first-order chi connectivity index (χ1) is 5.88. The highest BCUT2D eigenvalue weighted by Crippen LogP contribution is 2.25. The molecule has 0 N–H and O–H groups in total. The summed E-state index contributed by atoms with van der Waals surface area (Å²) in [4.78, 5) is 6.49. The minimum atomic E-state index is 0.763. The van der Waals surface area contributed by atoms with Gasteiger partial charge in [-0.25, -0.2) is 4.98 Å². The molecular weight excluding hydrogens is 172 g/mol. The number of anilines is 1. The summed E-state index contributed by atoms with van der Waals surface area (Å²) in [5.74, 6) is 0.941. The van der Waals surface area contributed by atoms with Crippen LogP contribution >= 0.6 is 11.6 Å². The Hall–Kier alpha value is -0.760. The molecule has 64 valence electrons. The Morgan fingerprint density at radius 2 is 2.08 bits per heavy atom. The van der Waals surface area contributed by atoms with E-state index in [1.54, 1.807) is 6.20 Å². The number of rotatable bonds is 1. The van der Waals surface area contributed by atoms with Crippen molar-refractivity contribution in [3.05, 3.63) is 23.4 Å². The molecule has 1 aromatic heterocycles. The summed E-state index contributed by atoms with van der Waals surface area (Å²) >= 11 is 6.00. The van der Waals surface area contributed by atoms with Gasteiger partial charge in [0.05, 0.1) is 5.02 Å². The molecule has 0 spiro atoms. The molecule has 0 atom stereocenters. The SMILES string of the molecule is Clc1cccnc1N1CCCC1. The molecule has 0 unspecified atom stereocenters. The van der Waals surface area contributed by atoms with Crippen LogP contribution in [0.1, 0.15) is 12.8 Å². The Morgan fingerprint density at radius 1 is 1.33 bits per heavy atom. The minimum Gasteiger partial charge on any atom is -0.355 e. The maximum atomic E-state index is 6.00. The topological polar surface area (TPSA) is 16.1 Å². The second-order valence-corrected chi connectivity index (χ2v) is 3.41. The van der Waals surface area contributed by atoms with E-state index in [1.807, 2.05) is 12.1 Å². The van der Waals surface area contributed by atoms with E-state index < -0.39 is 0 Å². The first-order valence-corrected chi connectivity index (χ1v) is 4.61. The molecule has 1 fully saturated rings. The van der Waals surface area contributed by atoms with E-state index in [2.05, 4.69) is 9.88 Å². The van der Waals surface area contributed by atoms with Crippen LogP contribution in [0, 0.1) is 0 Å². The summed E-state index contributed by atoms with van der Waals surface area (Å²) in [6.45, 7) is 2.19. The lowest BCUT2D eigenvalue weighted by molar-refractivity contribution is 0.938. The number of aromatic nitrogens is 1. The van der Waals surface area contributed by atoms with Gasteiger partial charge in [-0.1, -0.05) is 11.6 Å². The van der Waals surface area contributed by atoms with E-state index in [4.69, 9.17) is 11.6 Å². The first-order valence-electron chi connectivity index (χ1n) is 4.23. The van der Waals surface area contributed by atoms with Gasteiger partial charge in [-0.2, -0.15) is 0 Å². The number of hydrogen-bond acceptors (Lipinski definition) is 2. The summed E-state index contributed by atoms with van der Waals surface area (Å²) in [6, 6.07) is 3.75. The zero-order valence-electron chi connectivity index (χ0n) is 6.83. The molecule has 0 radical (unpaired) electrons. The van der Waals surface area contributed by atoms with Crippen LogP contribution in [0.15, 0.2) is 18.3 Å². The highest BCUT2D eigenvalue weighted by molar-refractivity contribution is 6.32. The van der Waals surface area contributed by atoms with Gasteiger partial charge in [0.2, 0.25) is 0 Å². The summed E-state index contributed by atoms with van der Waals surface area (Å²) in [7, 11) is 0. The molecule has 0 bridgehead atoms. The number of hydrogen-bond donors (Lipinski definition) is 0. The zero-order chi connectivity index (χ0) is 8.39. The van der Waals surface area contributed by atoms with Crippen LogP contribution in [0.5, 0.6) is 0 Å². The molecule has 0 amide bonds. The molecule has 2 rings (SSSR count). The summed E-state index contributed by atoms with van der Waals surface area (Å²) in [5, 5.41) is 0.763. The summed E-state index contributed by atoms with van der Waals surface area (Å²) in [6.07, 6.45) is 4.30. The number of pyridine rings is 1. The standard InChI is InChI=1S/C9H11ClN2/c10-8-4-3-5-11-9(8)12-6-1-2-7-12/h3-5H,1-2,6-7H2. The van der Waals surface area contributed by atoms with Crippen molar-refractivity contribution in [2.75, 3.05) is 18.0 Å². The Balaban J connectivity index is 2.26. The summed E-state index contributed by atoms with van der Waals surface area (Å²) in [5.41, 5.74) is 0. The molecule has 1 aliphatic rings. The third kappa shape index (κ3) is 1.39. The van der Waals surface area contributed by atoms with Crippen molar-refractivity contribution < 1.29 is 0 Å². The van der Waals surface area contributed by atoms with Crippen LogP contribution < -0.4 is 4.90 Å². The van der Waals surface area contributed by atoms with Crippen molar-refractivity contribution in [2.45, 2.75) is 12.8 Å². The number of halogens is 1. The van der Waals surface area contributed by atoms with Gasteiger partial charge in [0.15, 0.2) is 0 Å². The fraction of sp³-hybridized carbons (Fsp3) is 0.444. The van der Waals surface area contributed by atoms with Gasteiger partial charge in [-0.15, -0.1) is 0 Å². The quantitative estimate of drug-likeness (QED) is 0.663. The lowest BCUT2D eigenvalue weighted by Gasteiger charge is -2.16. The molecule has 12 heavy (non-hydrogen) atoms. The monoisotopic (exact) mass is 182 g/mol. The predicted octanol–water partition coefficient (Wildman–Crippen LogP) is 2.34. The molecule has 0 saturated carbocycles. The van der Waals surface area contributed by atoms with Crippen LogP contribution in [0.25, 0.3) is 0 Å². The molecule has 3 heteroatoms. The minimum absolute atomic E-state index is 0.763. The first kappa shape index (κ1) is 7.87. The van der Waals surface area contributed by atoms with Crippen molar-refractivity contribution in [1.82, 2.24) is 4.98 Å². The van der Waals surface area contributed by atoms with Gasteiger partial charge in [0.1, 0.15) is 5.82 Å². The Morgan fingerprint density at radius 3 is 2.75 bits per heavy atom. The predicted molar refractivity (Wildman–Crippen MR) is 50.7 cm³/mol. The average Bonchev–Trinajstić information content (AvgIpc) is 2.57. The van der Waals surface area contributed by atoms with Gasteiger partial charge in [-0.05, 0) is 25.0 Å². The van der Waals surface area contributed by atoms with Gasteiger partial charge < -0.3 is 4.90 Å². The fourth-order valence-electron chi connectivity index (χ4n) is 1.54. The van der Waals surface area contributed by atoms with E-state index in [1.165, 1.54) is 12.8 Å². The molecule has 0 aromatic carbocycles. The summed E-state index contributed by atoms with van der Waals surface area (Å²) < 4.78 is 0. The molecule has 1 aliphatic heterocycles. The Kier molecular flexibility index (Phi) is 2.17. The maximum absolute atomic E-state index is 6.00. The van der Waals surface area contributed by atoms with Crippen LogP contribution in [-0.4, -0.2) is 18.1 Å².